The Morgan fingerprint density at radius 2 is 1.49 bits per heavy atom. The molecule has 13 heteroatoms. The van der Waals surface area contributed by atoms with E-state index < -0.39 is 66.3 Å². The van der Waals surface area contributed by atoms with Crippen LogP contribution in [0.5, 0.6) is 5.75 Å². The predicted molar refractivity (Wildman–Crippen MR) is 139 cm³/mol. The number of carbonyl (C=O) groups is 6. The standard InChI is InChI=1S/C26H38N4O9/c1-5-14(2)22(26(39)27-15(3)23(36)28-18(10-11-31)13-21(34)35)30-25(38)20(29-24(37)16(4)32)12-17-6-8-19(33)9-7-17/h6-9,11,14-16,18,20,22,32-33H,5,10,12-13H2,1-4H3,(H,27,39)(H,28,36)(H,29,37)(H,30,38)(H,34,35)/t14?,15-,16?,18+,20?,22-/m0/s1. The summed E-state index contributed by atoms with van der Waals surface area (Å²) in [6.45, 7) is 6.12. The molecular formula is C26H38N4O9. The van der Waals surface area contributed by atoms with Crippen LogP contribution in [0, 0.1) is 5.92 Å². The normalized spacial score (nSPS) is 15.4. The third kappa shape index (κ3) is 11.5. The molecule has 39 heavy (non-hydrogen) atoms. The first-order valence-electron chi connectivity index (χ1n) is 12.6. The van der Waals surface area contributed by atoms with Crippen molar-refractivity contribution in [3.05, 3.63) is 29.8 Å². The molecule has 1 aromatic carbocycles. The van der Waals surface area contributed by atoms with Crippen LogP contribution in [0.15, 0.2) is 24.3 Å². The van der Waals surface area contributed by atoms with E-state index >= 15 is 0 Å². The zero-order valence-corrected chi connectivity index (χ0v) is 22.5. The van der Waals surface area contributed by atoms with Gasteiger partial charge < -0.3 is 41.4 Å². The Bertz CT molecular complexity index is 1010. The van der Waals surface area contributed by atoms with Gasteiger partial charge in [-0.05, 0) is 37.5 Å². The van der Waals surface area contributed by atoms with Crippen LogP contribution in [0.1, 0.15) is 52.5 Å². The second-order valence-electron chi connectivity index (χ2n) is 9.42. The van der Waals surface area contributed by atoms with Gasteiger partial charge in [0.05, 0.1) is 6.42 Å². The number of hydrogen-bond acceptors (Lipinski definition) is 8. The van der Waals surface area contributed by atoms with Crippen LogP contribution in [-0.2, 0) is 35.2 Å². The van der Waals surface area contributed by atoms with Crippen molar-refractivity contribution in [1.29, 1.82) is 0 Å². The first kappa shape index (κ1) is 33.0. The molecule has 0 fully saturated rings. The number of nitrogens with one attached hydrogen (secondary N) is 4. The summed E-state index contributed by atoms with van der Waals surface area (Å²) in [6.07, 6.45) is -1.13. The Hall–Kier alpha value is -4.00. The molecule has 216 valence electrons. The lowest BCUT2D eigenvalue weighted by molar-refractivity contribution is -0.138. The van der Waals surface area contributed by atoms with Crippen molar-refractivity contribution in [3.63, 3.8) is 0 Å². The maximum absolute atomic E-state index is 13.2. The fraction of sp³-hybridized carbons (Fsp3) is 0.538. The molecule has 0 bridgehead atoms. The number of aromatic hydroxyl groups is 1. The first-order valence-corrected chi connectivity index (χ1v) is 12.6. The highest BCUT2D eigenvalue weighted by Gasteiger charge is 2.32. The maximum atomic E-state index is 13.2. The van der Waals surface area contributed by atoms with Gasteiger partial charge in [-0.1, -0.05) is 32.4 Å². The van der Waals surface area contributed by atoms with Crippen molar-refractivity contribution in [3.8, 4) is 5.75 Å². The molecule has 13 nitrogen and oxygen atoms in total. The number of rotatable bonds is 16. The van der Waals surface area contributed by atoms with Crippen molar-refractivity contribution >= 4 is 35.9 Å². The minimum absolute atomic E-state index is 0.0000746. The number of aliphatic carboxylic acids is 1. The molecule has 0 saturated carbocycles. The molecule has 0 heterocycles. The van der Waals surface area contributed by atoms with Crippen LogP contribution in [0.25, 0.3) is 0 Å². The number of carbonyl (C=O) groups excluding carboxylic acids is 5. The average molecular weight is 551 g/mol. The van der Waals surface area contributed by atoms with Crippen molar-refractivity contribution < 1.29 is 44.1 Å². The van der Waals surface area contributed by atoms with E-state index in [1.807, 2.05) is 0 Å². The second-order valence-corrected chi connectivity index (χ2v) is 9.42. The number of aliphatic hydroxyl groups excluding tert-OH is 1. The minimum atomic E-state index is -1.39. The van der Waals surface area contributed by atoms with Gasteiger partial charge in [-0.2, -0.15) is 0 Å². The fourth-order valence-corrected chi connectivity index (χ4v) is 3.54. The second kappa shape index (κ2) is 16.1. The number of carboxylic acids is 1. The minimum Gasteiger partial charge on any atom is -0.508 e. The average Bonchev–Trinajstić information content (AvgIpc) is 2.86. The molecular weight excluding hydrogens is 512 g/mol. The number of phenols is 1. The fourth-order valence-electron chi connectivity index (χ4n) is 3.54. The summed E-state index contributed by atoms with van der Waals surface area (Å²) in [7, 11) is 0. The molecule has 0 aliphatic carbocycles. The zero-order valence-electron chi connectivity index (χ0n) is 22.5. The molecule has 0 aromatic heterocycles. The summed E-state index contributed by atoms with van der Waals surface area (Å²) >= 11 is 0. The number of hydrogen-bond donors (Lipinski definition) is 7. The smallest absolute Gasteiger partial charge is 0.305 e. The number of aldehydes is 1. The molecule has 0 radical (unpaired) electrons. The molecule has 1 rings (SSSR count). The maximum Gasteiger partial charge on any atom is 0.305 e. The lowest BCUT2D eigenvalue weighted by atomic mass is 9.96. The largest absolute Gasteiger partial charge is 0.508 e. The van der Waals surface area contributed by atoms with E-state index in [-0.39, 0.29) is 24.5 Å². The lowest BCUT2D eigenvalue weighted by Gasteiger charge is -2.28. The Morgan fingerprint density at radius 1 is 0.872 bits per heavy atom. The summed E-state index contributed by atoms with van der Waals surface area (Å²) in [6, 6.07) is 1.61. The highest BCUT2D eigenvalue weighted by molar-refractivity contribution is 5.95. The number of carboxylic acid groups (broad SMARTS) is 1. The first-order chi connectivity index (χ1) is 18.3. The number of aliphatic hydroxyl groups is 1. The van der Waals surface area contributed by atoms with E-state index in [9.17, 15) is 39.0 Å². The van der Waals surface area contributed by atoms with Crippen molar-refractivity contribution in [2.45, 2.75) is 83.6 Å². The molecule has 0 spiro atoms. The van der Waals surface area contributed by atoms with Gasteiger partial charge in [0.15, 0.2) is 0 Å². The number of amides is 4. The van der Waals surface area contributed by atoms with Gasteiger partial charge in [0.2, 0.25) is 23.6 Å². The van der Waals surface area contributed by atoms with Crippen molar-refractivity contribution in [2.75, 3.05) is 0 Å². The number of phenolic OH excluding ortho intramolecular Hbond substituents is 1. The summed E-state index contributed by atoms with van der Waals surface area (Å²) in [4.78, 5) is 72.9. The Morgan fingerprint density at radius 3 is 2.00 bits per heavy atom. The third-order valence-corrected chi connectivity index (χ3v) is 6.08. The van der Waals surface area contributed by atoms with Crippen LogP contribution >= 0.6 is 0 Å². The molecule has 6 atom stereocenters. The van der Waals surface area contributed by atoms with Crippen LogP contribution in [0.2, 0.25) is 0 Å². The van der Waals surface area contributed by atoms with Gasteiger partial charge in [0.1, 0.15) is 36.3 Å². The monoisotopic (exact) mass is 550 g/mol. The Kier molecular flexibility index (Phi) is 13.6. The molecule has 3 unspecified atom stereocenters. The van der Waals surface area contributed by atoms with E-state index in [4.69, 9.17) is 5.11 Å². The Balaban J connectivity index is 3.03. The quantitative estimate of drug-likeness (QED) is 0.131. The van der Waals surface area contributed by atoms with Gasteiger partial charge in [0.25, 0.3) is 0 Å². The van der Waals surface area contributed by atoms with Gasteiger partial charge in [0, 0.05) is 18.9 Å². The number of benzene rings is 1. The Labute approximate surface area is 226 Å². The van der Waals surface area contributed by atoms with Crippen LogP contribution in [0.3, 0.4) is 0 Å². The van der Waals surface area contributed by atoms with Crippen LogP contribution in [0.4, 0.5) is 0 Å². The van der Waals surface area contributed by atoms with Crippen molar-refractivity contribution in [2.24, 2.45) is 5.92 Å². The SMILES string of the molecule is CCC(C)[C@H](NC(=O)C(Cc1ccc(O)cc1)NC(=O)C(C)O)C(=O)N[C@@H](C)C(=O)N[C@H](CC=O)CC(=O)O. The molecule has 4 amide bonds. The van der Waals surface area contributed by atoms with Gasteiger partial charge in [-0.3, -0.25) is 24.0 Å². The van der Waals surface area contributed by atoms with Gasteiger partial charge in [-0.15, -0.1) is 0 Å². The molecule has 0 aliphatic heterocycles. The predicted octanol–water partition coefficient (Wildman–Crippen LogP) is -0.616. The van der Waals surface area contributed by atoms with Crippen LogP contribution < -0.4 is 21.3 Å². The summed E-state index contributed by atoms with van der Waals surface area (Å²) in [5.74, 6) is -4.48. The summed E-state index contributed by atoms with van der Waals surface area (Å²) in [5, 5.41) is 38.1. The van der Waals surface area contributed by atoms with E-state index in [1.54, 1.807) is 26.0 Å². The van der Waals surface area contributed by atoms with Gasteiger partial charge >= 0.3 is 5.97 Å². The van der Waals surface area contributed by atoms with E-state index in [0.29, 0.717) is 18.3 Å². The topological polar surface area (TPSA) is 211 Å². The van der Waals surface area contributed by atoms with Crippen LogP contribution in [-0.4, -0.2) is 81.5 Å². The van der Waals surface area contributed by atoms with E-state index in [0.717, 1.165) is 0 Å². The zero-order chi connectivity index (χ0) is 29.7. The van der Waals surface area contributed by atoms with E-state index in [1.165, 1.54) is 26.0 Å². The molecule has 7 N–H and O–H groups in total. The third-order valence-electron chi connectivity index (χ3n) is 6.08. The molecule has 0 aliphatic rings. The molecule has 0 saturated heterocycles. The highest BCUT2D eigenvalue weighted by Crippen LogP contribution is 2.13. The van der Waals surface area contributed by atoms with Gasteiger partial charge in [-0.25, -0.2) is 0 Å². The lowest BCUT2D eigenvalue weighted by Crippen LogP contribution is -2.59. The summed E-state index contributed by atoms with van der Waals surface area (Å²) in [5.41, 5.74) is 0.597. The van der Waals surface area contributed by atoms with E-state index in [2.05, 4.69) is 21.3 Å². The highest BCUT2D eigenvalue weighted by atomic mass is 16.4. The molecule has 1 aromatic rings. The van der Waals surface area contributed by atoms with Crippen molar-refractivity contribution in [1.82, 2.24) is 21.3 Å². The summed E-state index contributed by atoms with van der Waals surface area (Å²) < 4.78 is 0.